The summed E-state index contributed by atoms with van der Waals surface area (Å²) in [4.78, 5) is 10.1. The van der Waals surface area contributed by atoms with E-state index in [4.69, 9.17) is 9.47 Å². The van der Waals surface area contributed by atoms with Crippen molar-refractivity contribution in [2.24, 2.45) is 0 Å². The van der Waals surface area contributed by atoms with Crippen LogP contribution in [0.3, 0.4) is 0 Å². The van der Waals surface area contributed by atoms with E-state index in [2.05, 4.69) is 4.72 Å². The third-order valence-electron chi connectivity index (χ3n) is 3.39. The monoisotopic (exact) mass is 366 g/mol. The Balaban J connectivity index is 1.97. The van der Waals surface area contributed by atoms with Crippen LogP contribution in [0.4, 0.5) is 5.69 Å². The van der Waals surface area contributed by atoms with Crippen molar-refractivity contribution >= 4 is 15.7 Å². The molecule has 25 heavy (non-hydrogen) atoms. The van der Waals surface area contributed by atoms with Crippen molar-refractivity contribution in [1.82, 2.24) is 4.72 Å². The number of benzene rings is 2. The number of nitrogens with zero attached hydrogens (tertiary/aromatic N) is 1. The zero-order chi connectivity index (χ0) is 18.4. The van der Waals surface area contributed by atoms with Gasteiger partial charge in [0.2, 0.25) is 10.0 Å². The predicted molar refractivity (Wildman–Crippen MR) is 91.5 cm³/mol. The van der Waals surface area contributed by atoms with Crippen molar-refractivity contribution in [3.8, 4) is 11.5 Å². The van der Waals surface area contributed by atoms with E-state index in [1.807, 2.05) is 0 Å². The number of nitro groups is 1. The first kappa shape index (κ1) is 18.7. The first-order valence-corrected chi connectivity index (χ1v) is 8.83. The quantitative estimate of drug-likeness (QED) is 0.436. The molecule has 8 nitrogen and oxygen atoms in total. The molecule has 0 atom stereocenters. The van der Waals surface area contributed by atoms with Crippen LogP contribution in [-0.2, 0) is 10.0 Å². The van der Waals surface area contributed by atoms with Crippen molar-refractivity contribution in [2.45, 2.75) is 11.8 Å². The highest BCUT2D eigenvalue weighted by Crippen LogP contribution is 2.21. The van der Waals surface area contributed by atoms with Crippen LogP contribution in [0.25, 0.3) is 0 Å². The molecule has 0 fully saturated rings. The maximum atomic E-state index is 12.3. The summed E-state index contributed by atoms with van der Waals surface area (Å²) in [7, 11) is -2.31. The number of sulfonamides is 1. The zero-order valence-corrected chi connectivity index (χ0v) is 14.6. The van der Waals surface area contributed by atoms with Crippen molar-refractivity contribution in [3.05, 3.63) is 58.1 Å². The molecule has 9 heteroatoms. The number of nitro benzene ring substituents is 1. The van der Waals surface area contributed by atoms with Gasteiger partial charge in [0, 0.05) is 18.7 Å². The number of rotatable bonds is 8. The van der Waals surface area contributed by atoms with E-state index >= 15 is 0 Å². The largest absolute Gasteiger partial charge is 0.497 e. The van der Waals surface area contributed by atoms with E-state index in [-0.39, 0.29) is 23.7 Å². The van der Waals surface area contributed by atoms with Gasteiger partial charge in [-0.05, 0) is 36.8 Å². The molecule has 0 spiro atoms. The van der Waals surface area contributed by atoms with E-state index in [1.54, 1.807) is 38.3 Å². The first-order chi connectivity index (χ1) is 11.8. The van der Waals surface area contributed by atoms with Crippen LogP contribution >= 0.6 is 0 Å². The van der Waals surface area contributed by atoms with Crippen LogP contribution in [0.15, 0.2) is 47.4 Å². The molecule has 2 aromatic rings. The summed E-state index contributed by atoms with van der Waals surface area (Å²) in [6, 6.07) is 10.6. The summed E-state index contributed by atoms with van der Waals surface area (Å²) in [6.45, 7) is 1.71. The lowest BCUT2D eigenvalue weighted by molar-refractivity contribution is -0.385. The molecule has 0 saturated heterocycles. The van der Waals surface area contributed by atoms with Gasteiger partial charge in [0.25, 0.3) is 5.69 Å². The Morgan fingerprint density at radius 3 is 2.36 bits per heavy atom. The van der Waals surface area contributed by atoms with E-state index in [0.29, 0.717) is 17.1 Å². The van der Waals surface area contributed by atoms with Gasteiger partial charge >= 0.3 is 0 Å². The number of non-ortho nitro benzene ring substituents is 1. The Bertz CT molecular complexity index is 849. The molecular formula is C16H18N2O6S. The van der Waals surface area contributed by atoms with Gasteiger partial charge in [-0.1, -0.05) is 6.07 Å². The van der Waals surface area contributed by atoms with Crippen molar-refractivity contribution in [1.29, 1.82) is 0 Å². The number of methoxy groups -OCH3 is 1. The number of nitrogens with one attached hydrogen (secondary N) is 1. The van der Waals surface area contributed by atoms with Crippen LogP contribution in [0, 0.1) is 17.0 Å². The molecule has 0 aromatic heterocycles. The van der Waals surface area contributed by atoms with Crippen LogP contribution in [0.1, 0.15) is 5.56 Å². The Morgan fingerprint density at radius 2 is 1.76 bits per heavy atom. The second-order valence-electron chi connectivity index (χ2n) is 5.13. The Hall–Kier alpha value is -2.65. The summed E-state index contributed by atoms with van der Waals surface area (Å²) in [5, 5.41) is 10.8. The van der Waals surface area contributed by atoms with Gasteiger partial charge in [0.15, 0.2) is 0 Å². The fourth-order valence-electron chi connectivity index (χ4n) is 2.09. The Labute approximate surface area is 145 Å². The number of aryl methyl sites for hydroxylation is 1. The second-order valence-corrected chi connectivity index (χ2v) is 6.86. The smallest absolute Gasteiger partial charge is 0.270 e. The molecule has 2 aromatic carbocycles. The summed E-state index contributed by atoms with van der Waals surface area (Å²) >= 11 is 0. The summed E-state index contributed by atoms with van der Waals surface area (Å²) in [5.74, 6) is 1.26. The Morgan fingerprint density at radius 1 is 1.12 bits per heavy atom. The van der Waals surface area contributed by atoms with Crippen molar-refractivity contribution < 1.29 is 22.8 Å². The molecule has 2 rings (SSSR count). The van der Waals surface area contributed by atoms with Crippen LogP contribution in [-0.4, -0.2) is 33.6 Å². The highest BCUT2D eigenvalue weighted by molar-refractivity contribution is 7.89. The van der Waals surface area contributed by atoms with E-state index < -0.39 is 14.9 Å². The number of hydrogen-bond acceptors (Lipinski definition) is 6. The van der Waals surface area contributed by atoms with Gasteiger partial charge < -0.3 is 9.47 Å². The summed E-state index contributed by atoms with van der Waals surface area (Å²) in [5.41, 5.74) is 0.148. The standard InChI is InChI=1S/C16H18N2O6S/c1-12-3-4-13(18(19)20)11-16(12)25(21,22)17-9-10-24-15-7-5-14(23-2)6-8-15/h3-8,11,17H,9-10H2,1-2H3. The molecule has 0 aliphatic carbocycles. The molecule has 0 heterocycles. The third-order valence-corrected chi connectivity index (χ3v) is 5.00. The lowest BCUT2D eigenvalue weighted by atomic mass is 10.2. The molecule has 0 aliphatic heterocycles. The van der Waals surface area contributed by atoms with Gasteiger partial charge in [-0.25, -0.2) is 13.1 Å². The fraction of sp³-hybridized carbons (Fsp3) is 0.250. The van der Waals surface area contributed by atoms with E-state index in [9.17, 15) is 18.5 Å². The molecule has 0 aliphatic rings. The van der Waals surface area contributed by atoms with Gasteiger partial charge in [-0.3, -0.25) is 10.1 Å². The molecule has 1 N–H and O–H groups in total. The molecular weight excluding hydrogens is 348 g/mol. The summed E-state index contributed by atoms with van der Waals surface area (Å²) < 4.78 is 37.5. The molecule has 0 bridgehead atoms. The lowest BCUT2D eigenvalue weighted by Gasteiger charge is -2.10. The molecule has 0 saturated carbocycles. The van der Waals surface area contributed by atoms with E-state index in [1.165, 1.54) is 12.1 Å². The highest BCUT2D eigenvalue weighted by atomic mass is 32.2. The topological polar surface area (TPSA) is 108 Å². The molecule has 134 valence electrons. The maximum absolute atomic E-state index is 12.3. The Kier molecular flexibility index (Phi) is 5.94. The van der Waals surface area contributed by atoms with Crippen LogP contribution < -0.4 is 14.2 Å². The predicted octanol–water partition coefficient (Wildman–Crippen LogP) is 2.27. The van der Waals surface area contributed by atoms with Crippen LogP contribution in [0.2, 0.25) is 0 Å². The fourth-order valence-corrected chi connectivity index (χ4v) is 3.36. The average Bonchev–Trinajstić information content (AvgIpc) is 2.59. The summed E-state index contributed by atoms with van der Waals surface area (Å²) in [6.07, 6.45) is 0. The van der Waals surface area contributed by atoms with Crippen molar-refractivity contribution in [3.63, 3.8) is 0 Å². The van der Waals surface area contributed by atoms with Gasteiger partial charge in [0.1, 0.15) is 18.1 Å². The minimum absolute atomic E-state index is 0.0243. The minimum Gasteiger partial charge on any atom is -0.497 e. The highest BCUT2D eigenvalue weighted by Gasteiger charge is 2.20. The van der Waals surface area contributed by atoms with E-state index in [0.717, 1.165) is 6.07 Å². The maximum Gasteiger partial charge on any atom is 0.270 e. The third kappa shape index (κ3) is 4.91. The normalized spacial score (nSPS) is 11.1. The lowest BCUT2D eigenvalue weighted by Crippen LogP contribution is -2.28. The van der Waals surface area contributed by atoms with Gasteiger partial charge in [-0.15, -0.1) is 0 Å². The van der Waals surface area contributed by atoms with Crippen LogP contribution in [0.5, 0.6) is 11.5 Å². The number of hydrogen-bond donors (Lipinski definition) is 1. The zero-order valence-electron chi connectivity index (χ0n) is 13.8. The van der Waals surface area contributed by atoms with Gasteiger partial charge in [-0.2, -0.15) is 0 Å². The first-order valence-electron chi connectivity index (χ1n) is 7.35. The minimum atomic E-state index is -3.87. The second kappa shape index (κ2) is 7.95. The molecule has 0 unspecified atom stereocenters. The molecule has 0 radical (unpaired) electrons. The SMILES string of the molecule is COc1ccc(OCCNS(=O)(=O)c2cc([N+](=O)[O-])ccc2C)cc1. The number of ether oxygens (including phenoxy) is 2. The molecule has 0 amide bonds. The van der Waals surface area contributed by atoms with Gasteiger partial charge in [0.05, 0.1) is 16.9 Å². The van der Waals surface area contributed by atoms with Crippen molar-refractivity contribution in [2.75, 3.05) is 20.3 Å². The average molecular weight is 366 g/mol.